The number of aromatic nitrogens is 1. The summed E-state index contributed by atoms with van der Waals surface area (Å²) in [7, 11) is 0. The van der Waals surface area contributed by atoms with E-state index in [0.29, 0.717) is 18.0 Å². The van der Waals surface area contributed by atoms with Gasteiger partial charge in [-0.2, -0.15) is 0 Å². The predicted octanol–water partition coefficient (Wildman–Crippen LogP) is 9.86. The van der Waals surface area contributed by atoms with Crippen molar-refractivity contribution in [1.82, 2.24) is 9.47 Å². The lowest BCUT2D eigenvalue weighted by molar-refractivity contribution is 0.410. The van der Waals surface area contributed by atoms with Crippen LogP contribution in [0.3, 0.4) is 0 Å². The van der Waals surface area contributed by atoms with Crippen molar-refractivity contribution < 1.29 is 0 Å². The van der Waals surface area contributed by atoms with Gasteiger partial charge < -0.3 is 4.57 Å². The average molecular weight is 545 g/mol. The fourth-order valence-electron chi connectivity index (χ4n) is 8.67. The summed E-state index contributed by atoms with van der Waals surface area (Å²) >= 11 is 0. The molecule has 1 fully saturated rings. The highest BCUT2D eigenvalue weighted by atomic mass is 15.4. The lowest BCUT2D eigenvalue weighted by Crippen LogP contribution is -2.24. The van der Waals surface area contributed by atoms with Gasteiger partial charge in [0.2, 0.25) is 0 Å². The summed E-state index contributed by atoms with van der Waals surface area (Å²) in [5.41, 5.74) is 10.2. The highest BCUT2D eigenvalue weighted by Crippen LogP contribution is 2.56. The topological polar surface area (TPSA) is 7.94 Å². The molecule has 2 heteroatoms. The van der Waals surface area contributed by atoms with E-state index in [4.69, 9.17) is 0 Å². The Morgan fingerprint density at radius 2 is 1.60 bits per heavy atom. The molecule has 9 rings (SSSR count). The van der Waals surface area contributed by atoms with E-state index in [1.54, 1.807) is 0 Å². The van der Waals surface area contributed by atoms with Gasteiger partial charge in [-0.3, -0.25) is 4.90 Å². The molecule has 2 heterocycles. The van der Waals surface area contributed by atoms with Gasteiger partial charge in [0, 0.05) is 10.8 Å². The molecule has 1 aromatic heterocycles. The number of allylic oxidation sites excluding steroid dienone is 6. The first kappa shape index (κ1) is 24.5. The van der Waals surface area contributed by atoms with E-state index in [9.17, 15) is 0 Å². The van der Waals surface area contributed by atoms with Gasteiger partial charge in [-0.1, -0.05) is 117 Å². The van der Waals surface area contributed by atoms with E-state index in [1.165, 1.54) is 60.4 Å². The molecule has 0 saturated carbocycles. The molecule has 3 unspecified atom stereocenters. The first-order valence-corrected chi connectivity index (χ1v) is 15.6. The van der Waals surface area contributed by atoms with Crippen LogP contribution in [0.1, 0.15) is 55.8 Å². The van der Waals surface area contributed by atoms with Crippen LogP contribution in [0.15, 0.2) is 121 Å². The van der Waals surface area contributed by atoms with E-state index in [-0.39, 0.29) is 5.41 Å². The molecule has 206 valence electrons. The van der Waals surface area contributed by atoms with Crippen LogP contribution < -0.4 is 0 Å². The van der Waals surface area contributed by atoms with Crippen LogP contribution in [0.25, 0.3) is 38.2 Å². The summed E-state index contributed by atoms with van der Waals surface area (Å²) in [6.07, 6.45) is 17.6. The van der Waals surface area contributed by atoms with E-state index < -0.39 is 0 Å². The van der Waals surface area contributed by atoms with Crippen molar-refractivity contribution >= 4 is 38.2 Å². The molecule has 0 radical (unpaired) electrons. The quantitative estimate of drug-likeness (QED) is 0.204. The Morgan fingerprint density at radius 3 is 2.45 bits per heavy atom. The second-order valence-electron chi connectivity index (χ2n) is 13.2. The first-order valence-electron chi connectivity index (χ1n) is 15.6. The van der Waals surface area contributed by atoms with Crippen LogP contribution in [0.2, 0.25) is 0 Å². The predicted molar refractivity (Wildman–Crippen MR) is 176 cm³/mol. The van der Waals surface area contributed by atoms with Crippen molar-refractivity contribution in [3.63, 3.8) is 0 Å². The Labute approximate surface area is 247 Å². The number of rotatable bonds is 4. The number of nitrogens with zero attached hydrogens (tertiary/aromatic N) is 2. The Balaban J connectivity index is 1.22. The van der Waals surface area contributed by atoms with Crippen LogP contribution in [0.5, 0.6) is 0 Å². The van der Waals surface area contributed by atoms with Crippen molar-refractivity contribution in [2.24, 2.45) is 5.92 Å². The molecule has 4 aromatic carbocycles. The Morgan fingerprint density at radius 1 is 0.762 bits per heavy atom. The molecule has 4 aliphatic rings. The van der Waals surface area contributed by atoms with Crippen LogP contribution in [0.4, 0.5) is 0 Å². The van der Waals surface area contributed by atoms with Crippen LogP contribution in [-0.4, -0.2) is 15.5 Å². The number of benzene rings is 4. The second kappa shape index (κ2) is 8.93. The molecular weight excluding hydrogens is 508 g/mol. The first-order chi connectivity index (χ1) is 20.6. The Bertz CT molecular complexity index is 2030. The van der Waals surface area contributed by atoms with E-state index in [1.807, 2.05) is 0 Å². The zero-order valence-corrected chi connectivity index (χ0v) is 24.4. The largest absolute Gasteiger partial charge is 0.327 e. The van der Waals surface area contributed by atoms with E-state index >= 15 is 0 Å². The van der Waals surface area contributed by atoms with Crippen molar-refractivity contribution in [3.8, 4) is 0 Å². The molecule has 0 spiro atoms. The molecule has 2 nitrogen and oxygen atoms in total. The maximum atomic E-state index is 2.68. The summed E-state index contributed by atoms with van der Waals surface area (Å²) in [6, 6.07) is 30.7. The minimum Gasteiger partial charge on any atom is -0.327 e. The van der Waals surface area contributed by atoms with Gasteiger partial charge in [-0.25, -0.2) is 0 Å². The maximum absolute atomic E-state index is 2.68. The third kappa shape index (κ3) is 3.36. The summed E-state index contributed by atoms with van der Waals surface area (Å²) in [6.45, 7) is 5.80. The maximum Gasteiger partial charge on any atom is 0.0768 e. The number of fused-ring (bicyclic) bond motifs is 9. The molecule has 0 N–H and O–H groups in total. The molecule has 0 bridgehead atoms. The summed E-state index contributed by atoms with van der Waals surface area (Å²) in [5, 5.41) is 5.57. The third-order valence-corrected chi connectivity index (χ3v) is 10.7. The third-order valence-electron chi connectivity index (χ3n) is 10.7. The lowest BCUT2D eigenvalue weighted by atomic mass is 9.74. The minimum atomic E-state index is 0.106. The Kier molecular flexibility index (Phi) is 5.20. The number of hydrogen-bond donors (Lipinski definition) is 0. The highest BCUT2D eigenvalue weighted by molar-refractivity contribution is 6.21. The lowest BCUT2D eigenvalue weighted by Gasteiger charge is -2.30. The van der Waals surface area contributed by atoms with Gasteiger partial charge in [0.15, 0.2) is 0 Å². The smallest absolute Gasteiger partial charge is 0.0768 e. The molecule has 3 aliphatic carbocycles. The van der Waals surface area contributed by atoms with Gasteiger partial charge in [0.25, 0.3) is 0 Å². The number of hydrogen-bond acceptors (Lipinski definition) is 1. The van der Waals surface area contributed by atoms with Crippen molar-refractivity contribution in [3.05, 3.63) is 138 Å². The number of para-hydroxylation sites is 1. The zero-order chi connectivity index (χ0) is 28.0. The monoisotopic (exact) mass is 544 g/mol. The summed E-state index contributed by atoms with van der Waals surface area (Å²) in [5.74, 6) is 0.554. The van der Waals surface area contributed by atoms with Gasteiger partial charge in [0.1, 0.15) is 0 Å². The van der Waals surface area contributed by atoms with Crippen LogP contribution in [-0.2, 0) is 12.1 Å². The van der Waals surface area contributed by atoms with E-state index in [2.05, 4.69) is 139 Å². The van der Waals surface area contributed by atoms with Gasteiger partial charge >= 0.3 is 0 Å². The summed E-state index contributed by atoms with van der Waals surface area (Å²) < 4.78 is 2.58. The molecule has 1 saturated heterocycles. The van der Waals surface area contributed by atoms with Crippen molar-refractivity contribution in [2.45, 2.75) is 57.3 Å². The minimum absolute atomic E-state index is 0.106. The fraction of sp³-hybridized carbons (Fsp3) is 0.250. The van der Waals surface area contributed by atoms with Gasteiger partial charge in [0.05, 0.1) is 29.8 Å². The average Bonchev–Trinajstić information content (AvgIpc) is 3.60. The fourth-order valence-corrected chi connectivity index (χ4v) is 8.67. The van der Waals surface area contributed by atoms with Crippen LogP contribution in [0, 0.1) is 5.92 Å². The Hall–Kier alpha value is -4.14. The molecule has 42 heavy (non-hydrogen) atoms. The SMILES string of the molecule is CC1(C)c2c(ccc3c2ccc2c3c3ccccc3n2CN2C(c3ccccc3)[C@H]2C2=CCCC=C2)C2=CC=CCC21. The molecule has 1 aliphatic heterocycles. The standard InChI is InChI=1S/C40H36N2/c1-40(2)33-19-11-9-17-28(33)30-22-21-29-31(37(30)40)23-24-35-36(29)32-18-10-12-20-34(32)41(35)25-42-38(26-13-5-3-6-14-26)39(42)27-15-7-4-8-16-27/h3,5-7,9-18,20-24,33,38-39H,4,8,19,25H2,1-2H3/t33?,38?,39-,42?/m1/s1. The molecule has 4 atom stereocenters. The van der Waals surface area contributed by atoms with E-state index in [0.717, 1.165) is 25.9 Å². The molecule has 5 aromatic rings. The second-order valence-corrected chi connectivity index (χ2v) is 13.2. The van der Waals surface area contributed by atoms with Crippen molar-refractivity contribution in [1.29, 1.82) is 0 Å². The van der Waals surface area contributed by atoms with Crippen LogP contribution >= 0.6 is 0 Å². The molecule has 0 amide bonds. The zero-order valence-electron chi connectivity index (χ0n) is 24.4. The normalized spacial score (nSPS) is 25.5. The molecular formula is C40H36N2. The summed E-state index contributed by atoms with van der Waals surface area (Å²) in [4.78, 5) is 2.68. The van der Waals surface area contributed by atoms with Gasteiger partial charge in [-0.15, -0.1) is 0 Å². The highest BCUT2D eigenvalue weighted by Gasteiger charge is 2.50. The van der Waals surface area contributed by atoms with Crippen molar-refractivity contribution in [2.75, 3.05) is 0 Å². The van der Waals surface area contributed by atoms with Gasteiger partial charge in [-0.05, 0) is 81.3 Å².